The van der Waals surface area contributed by atoms with Crippen molar-refractivity contribution < 1.29 is 9.47 Å². The van der Waals surface area contributed by atoms with Gasteiger partial charge in [0.25, 0.3) is 0 Å². The van der Waals surface area contributed by atoms with Gasteiger partial charge in [-0.1, -0.05) is 19.1 Å². The van der Waals surface area contributed by atoms with Crippen molar-refractivity contribution in [2.24, 2.45) is 0 Å². The minimum atomic E-state index is 0. The lowest BCUT2D eigenvalue weighted by atomic mass is 10.1. The molecule has 1 aromatic rings. The van der Waals surface area contributed by atoms with Gasteiger partial charge in [-0.3, -0.25) is 0 Å². The highest BCUT2D eigenvalue weighted by atomic mass is 35.5. The molecule has 20 heavy (non-hydrogen) atoms. The molecule has 1 rings (SSSR count). The molecule has 0 aromatic heterocycles. The Labute approximate surface area is 128 Å². The van der Waals surface area contributed by atoms with E-state index in [0.717, 1.165) is 43.0 Å². The Hall–Kier alpha value is -1.19. The zero-order valence-corrected chi connectivity index (χ0v) is 13.5. The van der Waals surface area contributed by atoms with Crippen LogP contribution in [0.2, 0.25) is 0 Å². The summed E-state index contributed by atoms with van der Waals surface area (Å²) >= 11 is 0. The van der Waals surface area contributed by atoms with E-state index in [1.165, 1.54) is 5.56 Å². The second-order valence-electron chi connectivity index (χ2n) is 4.39. The Balaban J connectivity index is 0.00000361. The molecule has 0 saturated heterocycles. The van der Waals surface area contributed by atoms with Crippen molar-refractivity contribution in [3.8, 4) is 11.5 Å². The van der Waals surface area contributed by atoms with Crippen LogP contribution in [0.3, 0.4) is 0 Å². The molecule has 0 aliphatic rings. The molecule has 0 fully saturated rings. The second-order valence-corrected chi connectivity index (χ2v) is 4.39. The van der Waals surface area contributed by atoms with E-state index in [1.54, 1.807) is 7.11 Å². The molecule has 0 aliphatic heterocycles. The SMILES string of the molecule is C=CCc1cc(CNCCC)cc(OC)c1OCC.Cl. The predicted molar refractivity (Wildman–Crippen MR) is 87.3 cm³/mol. The van der Waals surface area contributed by atoms with Crippen molar-refractivity contribution in [3.63, 3.8) is 0 Å². The number of benzene rings is 1. The molecule has 4 heteroatoms. The monoisotopic (exact) mass is 299 g/mol. The molecule has 0 spiro atoms. The van der Waals surface area contributed by atoms with Gasteiger partial charge in [0.15, 0.2) is 11.5 Å². The van der Waals surface area contributed by atoms with E-state index in [9.17, 15) is 0 Å². The van der Waals surface area contributed by atoms with Crippen molar-refractivity contribution in [1.82, 2.24) is 5.32 Å². The minimum Gasteiger partial charge on any atom is -0.493 e. The summed E-state index contributed by atoms with van der Waals surface area (Å²) in [5.74, 6) is 1.64. The van der Waals surface area contributed by atoms with Crippen molar-refractivity contribution in [3.05, 3.63) is 35.9 Å². The summed E-state index contributed by atoms with van der Waals surface area (Å²) in [7, 11) is 1.68. The molecular formula is C16H26ClNO2. The third-order valence-corrected chi connectivity index (χ3v) is 2.82. The van der Waals surface area contributed by atoms with Crippen LogP contribution in [0.1, 0.15) is 31.4 Å². The maximum atomic E-state index is 5.70. The lowest BCUT2D eigenvalue weighted by Crippen LogP contribution is -2.14. The summed E-state index contributed by atoms with van der Waals surface area (Å²) in [5, 5.41) is 3.40. The van der Waals surface area contributed by atoms with Crippen LogP contribution in [0, 0.1) is 0 Å². The summed E-state index contributed by atoms with van der Waals surface area (Å²) in [5.41, 5.74) is 2.34. The van der Waals surface area contributed by atoms with Gasteiger partial charge < -0.3 is 14.8 Å². The average Bonchev–Trinajstić information content (AvgIpc) is 2.42. The third-order valence-electron chi connectivity index (χ3n) is 2.82. The van der Waals surface area contributed by atoms with Gasteiger partial charge in [0.2, 0.25) is 0 Å². The van der Waals surface area contributed by atoms with E-state index in [1.807, 2.05) is 19.1 Å². The molecule has 0 unspecified atom stereocenters. The second kappa shape index (κ2) is 10.6. The van der Waals surface area contributed by atoms with Crippen LogP contribution < -0.4 is 14.8 Å². The lowest BCUT2D eigenvalue weighted by molar-refractivity contribution is 0.308. The molecular weight excluding hydrogens is 274 g/mol. The molecule has 114 valence electrons. The summed E-state index contributed by atoms with van der Waals surface area (Å²) < 4.78 is 11.1. The number of halogens is 1. The van der Waals surface area contributed by atoms with Gasteiger partial charge in [0, 0.05) is 12.1 Å². The molecule has 0 amide bonds. The first-order chi connectivity index (χ1) is 9.26. The highest BCUT2D eigenvalue weighted by Gasteiger charge is 2.12. The van der Waals surface area contributed by atoms with Gasteiger partial charge in [-0.2, -0.15) is 0 Å². The van der Waals surface area contributed by atoms with Gasteiger partial charge in [0.1, 0.15) is 0 Å². The Morgan fingerprint density at radius 1 is 1.30 bits per heavy atom. The minimum absolute atomic E-state index is 0. The first-order valence-electron chi connectivity index (χ1n) is 6.90. The topological polar surface area (TPSA) is 30.5 Å². The Kier molecular flexibility index (Phi) is 9.95. The number of hydrogen-bond donors (Lipinski definition) is 1. The lowest BCUT2D eigenvalue weighted by Gasteiger charge is -2.16. The van der Waals surface area contributed by atoms with Crippen molar-refractivity contribution in [2.45, 2.75) is 33.2 Å². The molecule has 0 saturated carbocycles. The average molecular weight is 300 g/mol. The molecule has 0 bridgehead atoms. The van der Waals surface area contributed by atoms with E-state index in [0.29, 0.717) is 6.61 Å². The van der Waals surface area contributed by atoms with Crippen molar-refractivity contribution in [2.75, 3.05) is 20.3 Å². The first kappa shape index (κ1) is 18.8. The zero-order chi connectivity index (χ0) is 14.1. The van der Waals surface area contributed by atoms with Crippen LogP contribution in [0.15, 0.2) is 24.8 Å². The number of rotatable bonds is 9. The van der Waals surface area contributed by atoms with E-state index < -0.39 is 0 Å². The molecule has 0 atom stereocenters. The normalized spacial score (nSPS) is 9.75. The van der Waals surface area contributed by atoms with E-state index in [4.69, 9.17) is 9.47 Å². The quantitative estimate of drug-likeness (QED) is 0.556. The zero-order valence-electron chi connectivity index (χ0n) is 12.7. The number of allylic oxidation sites excluding steroid dienone is 1. The number of hydrogen-bond acceptors (Lipinski definition) is 3. The summed E-state index contributed by atoms with van der Waals surface area (Å²) in [6.45, 7) is 10.4. The maximum Gasteiger partial charge on any atom is 0.164 e. The number of methoxy groups -OCH3 is 1. The van der Waals surface area contributed by atoms with Crippen molar-refractivity contribution >= 4 is 12.4 Å². The van der Waals surface area contributed by atoms with Crippen LogP contribution in [-0.4, -0.2) is 20.3 Å². The summed E-state index contributed by atoms with van der Waals surface area (Å²) in [4.78, 5) is 0. The molecule has 0 heterocycles. The van der Waals surface area contributed by atoms with E-state index >= 15 is 0 Å². The molecule has 1 aromatic carbocycles. The highest BCUT2D eigenvalue weighted by Crippen LogP contribution is 2.33. The van der Waals surface area contributed by atoms with Crippen LogP contribution in [0.25, 0.3) is 0 Å². The molecule has 3 nitrogen and oxygen atoms in total. The van der Waals surface area contributed by atoms with Gasteiger partial charge in [-0.05, 0) is 37.9 Å². The summed E-state index contributed by atoms with van der Waals surface area (Å²) in [6, 6.07) is 4.21. The fraction of sp³-hybridized carbons (Fsp3) is 0.500. The number of ether oxygens (including phenoxy) is 2. The highest BCUT2D eigenvalue weighted by molar-refractivity contribution is 5.85. The largest absolute Gasteiger partial charge is 0.493 e. The molecule has 0 aliphatic carbocycles. The van der Waals surface area contributed by atoms with E-state index in [2.05, 4.69) is 24.9 Å². The van der Waals surface area contributed by atoms with Crippen molar-refractivity contribution in [1.29, 1.82) is 0 Å². The van der Waals surface area contributed by atoms with E-state index in [-0.39, 0.29) is 12.4 Å². The molecule has 0 radical (unpaired) electrons. The van der Waals surface area contributed by atoms with Crippen LogP contribution in [-0.2, 0) is 13.0 Å². The predicted octanol–water partition coefficient (Wildman–Crippen LogP) is 3.74. The first-order valence-corrected chi connectivity index (χ1v) is 6.90. The maximum absolute atomic E-state index is 5.70. The van der Waals surface area contributed by atoms with Crippen LogP contribution in [0.4, 0.5) is 0 Å². The Bertz CT molecular complexity index is 408. The summed E-state index contributed by atoms with van der Waals surface area (Å²) in [6.07, 6.45) is 3.81. The van der Waals surface area contributed by atoms with Gasteiger partial charge >= 0.3 is 0 Å². The third kappa shape index (κ3) is 5.43. The van der Waals surface area contributed by atoms with Crippen LogP contribution in [0.5, 0.6) is 11.5 Å². The van der Waals surface area contributed by atoms with Gasteiger partial charge in [-0.25, -0.2) is 0 Å². The fourth-order valence-electron chi connectivity index (χ4n) is 2.00. The van der Waals surface area contributed by atoms with Crippen LogP contribution >= 0.6 is 12.4 Å². The van der Waals surface area contributed by atoms with Gasteiger partial charge in [0.05, 0.1) is 13.7 Å². The van der Waals surface area contributed by atoms with Gasteiger partial charge in [-0.15, -0.1) is 19.0 Å². The number of nitrogens with one attached hydrogen (secondary N) is 1. The smallest absolute Gasteiger partial charge is 0.164 e. The Morgan fingerprint density at radius 2 is 2.05 bits per heavy atom. The Morgan fingerprint density at radius 3 is 2.60 bits per heavy atom. The molecule has 1 N–H and O–H groups in total. The fourth-order valence-corrected chi connectivity index (χ4v) is 2.00. The standard InChI is InChI=1S/C16H25NO2.ClH/c1-5-8-14-10-13(12-17-9-6-2)11-15(18-4)16(14)19-7-3;/h5,10-11,17H,1,6-9,12H2,2-4H3;1H.